The topological polar surface area (TPSA) is 109 Å². The molecule has 0 bridgehead atoms. The Morgan fingerprint density at radius 3 is 2.43 bits per heavy atom. The molecule has 1 rings (SSSR count). The molecule has 1 aromatic carbocycles. The molecule has 0 unspecified atom stereocenters. The van der Waals surface area contributed by atoms with Crippen LogP contribution in [0.4, 0.5) is 5.69 Å². The highest BCUT2D eigenvalue weighted by Gasteiger charge is 2.25. The third kappa shape index (κ3) is 5.43. The van der Waals surface area contributed by atoms with Crippen molar-refractivity contribution in [3.05, 3.63) is 28.8 Å². The Kier molecular flexibility index (Phi) is 5.32. The molecule has 0 radical (unpaired) electrons. The molecular weight excluding hydrogens is 296 g/mol. The Balaban J connectivity index is 2.84. The van der Waals surface area contributed by atoms with Gasteiger partial charge in [-0.2, -0.15) is 0 Å². The number of carboxylic acids is 1. The standard InChI is InChI=1S/C14H17ClN2O4/c1-14(2,7-12(19)20)6-11(18)17-10-4-3-8(15)5-9(10)13(16)21/h3-5H,6-7H2,1-2H3,(H2,16,21)(H,17,18)(H,19,20). The van der Waals surface area contributed by atoms with Crippen molar-refractivity contribution in [2.24, 2.45) is 11.1 Å². The maximum Gasteiger partial charge on any atom is 0.303 e. The van der Waals surface area contributed by atoms with Crippen LogP contribution in [0.1, 0.15) is 37.0 Å². The Morgan fingerprint density at radius 2 is 1.90 bits per heavy atom. The largest absolute Gasteiger partial charge is 0.481 e. The maximum atomic E-state index is 12.0. The first-order valence-electron chi connectivity index (χ1n) is 6.22. The number of halogens is 1. The van der Waals surface area contributed by atoms with Crippen molar-refractivity contribution in [2.75, 3.05) is 5.32 Å². The molecule has 0 spiro atoms. The molecular formula is C14H17ClN2O4. The van der Waals surface area contributed by atoms with Gasteiger partial charge in [-0.3, -0.25) is 14.4 Å². The molecule has 0 heterocycles. The van der Waals surface area contributed by atoms with Gasteiger partial charge in [0.1, 0.15) is 0 Å². The number of aliphatic carboxylic acids is 1. The zero-order chi connectivity index (χ0) is 16.2. The second-order valence-corrected chi connectivity index (χ2v) is 5.95. The van der Waals surface area contributed by atoms with Gasteiger partial charge < -0.3 is 16.2 Å². The van der Waals surface area contributed by atoms with Gasteiger partial charge in [0.2, 0.25) is 5.91 Å². The van der Waals surface area contributed by atoms with E-state index in [-0.39, 0.29) is 24.1 Å². The molecule has 0 aliphatic carbocycles. The van der Waals surface area contributed by atoms with Gasteiger partial charge in [-0.15, -0.1) is 0 Å². The highest BCUT2D eigenvalue weighted by atomic mass is 35.5. The van der Waals surface area contributed by atoms with E-state index in [0.29, 0.717) is 5.02 Å². The van der Waals surface area contributed by atoms with Crippen LogP contribution in [0, 0.1) is 5.41 Å². The third-order valence-electron chi connectivity index (χ3n) is 2.79. The van der Waals surface area contributed by atoms with Crippen LogP contribution in [0.15, 0.2) is 18.2 Å². The molecule has 4 N–H and O–H groups in total. The van der Waals surface area contributed by atoms with Crippen molar-refractivity contribution in [3.63, 3.8) is 0 Å². The molecule has 0 saturated carbocycles. The number of benzene rings is 1. The lowest BCUT2D eigenvalue weighted by Gasteiger charge is -2.21. The smallest absolute Gasteiger partial charge is 0.303 e. The maximum absolute atomic E-state index is 12.0. The summed E-state index contributed by atoms with van der Waals surface area (Å²) >= 11 is 5.78. The van der Waals surface area contributed by atoms with Gasteiger partial charge in [-0.25, -0.2) is 0 Å². The molecule has 0 aromatic heterocycles. The predicted molar refractivity (Wildman–Crippen MR) is 79.3 cm³/mol. The van der Waals surface area contributed by atoms with Crippen molar-refractivity contribution in [1.82, 2.24) is 0 Å². The number of amides is 2. The van der Waals surface area contributed by atoms with E-state index in [4.69, 9.17) is 22.4 Å². The summed E-state index contributed by atoms with van der Waals surface area (Å²) in [5.74, 6) is -2.08. The highest BCUT2D eigenvalue weighted by Crippen LogP contribution is 2.26. The van der Waals surface area contributed by atoms with Gasteiger partial charge in [0.25, 0.3) is 5.91 Å². The van der Waals surface area contributed by atoms with Crippen LogP contribution in [0.25, 0.3) is 0 Å². The van der Waals surface area contributed by atoms with Crippen LogP contribution >= 0.6 is 11.6 Å². The zero-order valence-corrected chi connectivity index (χ0v) is 12.5. The molecule has 21 heavy (non-hydrogen) atoms. The third-order valence-corrected chi connectivity index (χ3v) is 3.03. The fourth-order valence-electron chi connectivity index (χ4n) is 1.93. The Bertz CT molecular complexity index is 584. The average molecular weight is 313 g/mol. The quantitative estimate of drug-likeness (QED) is 0.748. The number of hydrogen-bond acceptors (Lipinski definition) is 3. The van der Waals surface area contributed by atoms with Gasteiger partial charge in [-0.05, 0) is 23.6 Å². The van der Waals surface area contributed by atoms with E-state index in [1.165, 1.54) is 18.2 Å². The van der Waals surface area contributed by atoms with E-state index in [0.717, 1.165) is 0 Å². The van der Waals surface area contributed by atoms with Crippen molar-refractivity contribution >= 4 is 35.1 Å². The minimum absolute atomic E-state index is 0.000127. The number of primary amides is 1. The lowest BCUT2D eigenvalue weighted by Crippen LogP contribution is -2.26. The highest BCUT2D eigenvalue weighted by molar-refractivity contribution is 6.31. The van der Waals surface area contributed by atoms with Gasteiger partial charge in [-0.1, -0.05) is 25.4 Å². The van der Waals surface area contributed by atoms with E-state index < -0.39 is 23.2 Å². The summed E-state index contributed by atoms with van der Waals surface area (Å²) in [5.41, 5.74) is 4.88. The van der Waals surface area contributed by atoms with E-state index in [2.05, 4.69) is 5.32 Å². The number of carbonyl (C=O) groups is 3. The lowest BCUT2D eigenvalue weighted by atomic mass is 9.85. The van der Waals surface area contributed by atoms with Gasteiger partial charge in [0, 0.05) is 11.4 Å². The van der Waals surface area contributed by atoms with E-state index in [1.807, 2.05) is 0 Å². The summed E-state index contributed by atoms with van der Waals surface area (Å²) in [4.78, 5) is 34.0. The van der Waals surface area contributed by atoms with Gasteiger partial charge >= 0.3 is 5.97 Å². The molecule has 7 heteroatoms. The summed E-state index contributed by atoms with van der Waals surface area (Å²) in [6, 6.07) is 4.36. The number of carboxylic acid groups (broad SMARTS) is 1. The second-order valence-electron chi connectivity index (χ2n) is 5.51. The number of carbonyl (C=O) groups excluding carboxylic acids is 2. The van der Waals surface area contributed by atoms with E-state index in [9.17, 15) is 14.4 Å². The van der Waals surface area contributed by atoms with E-state index >= 15 is 0 Å². The monoisotopic (exact) mass is 312 g/mol. The molecule has 0 atom stereocenters. The summed E-state index contributed by atoms with van der Waals surface area (Å²) in [6.07, 6.45) is -0.135. The Hall–Kier alpha value is -2.08. The average Bonchev–Trinajstić information content (AvgIpc) is 2.28. The Morgan fingerprint density at radius 1 is 1.29 bits per heavy atom. The van der Waals surface area contributed by atoms with Crippen LogP contribution < -0.4 is 11.1 Å². The number of rotatable bonds is 6. The summed E-state index contributed by atoms with van der Waals surface area (Å²) in [6.45, 7) is 3.36. The van der Waals surface area contributed by atoms with Crippen molar-refractivity contribution in [1.29, 1.82) is 0 Å². The zero-order valence-electron chi connectivity index (χ0n) is 11.8. The van der Waals surface area contributed by atoms with Gasteiger partial charge in [0.15, 0.2) is 0 Å². The molecule has 0 saturated heterocycles. The van der Waals surface area contributed by atoms with Crippen molar-refractivity contribution in [3.8, 4) is 0 Å². The first-order chi connectivity index (χ1) is 9.60. The Labute approximate surface area is 127 Å². The fraction of sp³-hybridized carbons (Fsp3) is 0.357. The molecule has 0 aliphatic rings. The summed E-state index contributed by atoms with van der Waals surface area (Å²) in [7, 11) is 0. The van der Waals surface area contributed by atoms with E-state index in [1.54, 1.807) is 13.8 Å². The summed E-state index contributed by atoms with van der Waals surface area (Å²) < 4.78 is 0. The van der Waals surface area contributed by atoms with Crippen LogP contribution in [0.2, 0.25) is 5.02 Å². The first-order valence-corrected chi connectivity index (χ1v) is 6.59. The van der Waals surface area contributed by atoms with Gasteiger partial charge in [0.05, 0.1) is 17.7 Å². The predicted octanol–water partition coefficient (Wildman–Crippen LogP) is 2.27. The minimum atomic E-state index is -0.975. The minimum Gasteiger partial charge on any atom is -0.481 e. The summed E-state index contributed by atoms with van der Waals surface area (Å²) in [5, 5.41) is 11.7. The number of hydrogen-bond donors (Lipinski definition) is 3. The molecule has 1 aromatic rings. The van der Waals surface area contributed by atoms with Crippen LogP contribution in [0.3, 0.4) is 0 Å². The van der Waals surface area contributed by atoms with Crippen LogP contribution in [-0.4, -0.2) is 22.9 Å². The number of nitrogens with two attached hydrogens (primary N) is 1. The normalized spacial score (nSPS) is 11.0. The first kappa shape index (κ1) is 17.0. The molecule has 114 valence electrons. The SMILES string of the molecule is CC(C)(CC(=O)O)CC(=O)Nc1ccc(Cl)cc1C(N)=O. The van der Waals surface area contributed by atoms with Crippen LogP contribution in [0.5, 0.6) is 0 Å². The number of anilines is 1. The second kappa shape index (κ2) is 6.58. The fourth-order valence-corrected chi connectivity index (χ4v) is 2.10. The molecule has 2 amide bonds. The van der Waals surface area contributed by atoms with Crippen LogP contribution in [-0.2, 0) is 9.59 Å². The lowest BCUT2D eigenvalue weighted by molar-refractivity contribution is -0.139. The van der Waals surface area contributed by atoms with Crippen molar-refractivity contribution < 1.29 is 19.5 Å². The van der Waals surface area contributed by atoms with Crippen molar-refractivity contribution in [2.45, 2.75) is 26.7 Å². The molecule has 0 fully saturated rings. The molecule has 0 aliphatic heterocycles. The molecule has 6 nitrogen and oxygen atoms in total. The number of nitrogens with one attached hydrogen (secondary N) is 1.